The number of benzene rings is 2. The van der Waals surface area contributed by atoms with Crippen molar-refractivity contribution in [1.29, 1.82) is 0 Å². The predicted molar refractivity (Wildman–Crippen MR) is 111 cm³/mol. The highest BCUT2D eigenvalue weighted by Gasteiger charge is 2.40. The van der Waals surface area contributed by atoms with Gasteiger partial charge in [0.25, 0.3) is 0 Å². The van der Waals surface area contributed by atoms with Gasteiger partial charge in [-0.25, -0.2) is 9.48 Å². The number of carbonyl (C=O) groups excluding carboxylic acids is 1. The monoisotopic (exact) mass is 391 g/mol. The quantitative estimate of drug-likeness (QED) is 0.645. The lowest BCUT2D eigenvalue weighted by Gasteiger charge is -2.30. The Bertz CT molecular complexity index is 1010. The van der Waals surface area contributed by atoms with Gasteiger partial charge >= 0.3 is 5.97 Å². The number of rotatable bonds is 7. The first-order valence-corrected chi connectivity index (χ1v) is 9.59. The molecule has 0 bridgehead atoms. The van der Waals surface area contributed by atoms with E-state index in [9.17, 15) is 14.7 Å². The molecule has 150 valence electrons. The zero-order valence-corrected chi connectivity index (χ0v) is 16.8. The number of amides is 1. The fraction of sp³-hybridized carbons (Fsp3) is 0.261. The van der Waals surface area contributed by atoms with E-state index in [1.54, 1.807) is 35.9 Å². The summed E-state index contributed by atoms with van der Waals surface area (Å²) < 4.78 is 1.80. The summed E-state index contributed by atoms with van der Waals surface area (Å²) in [6.45, 7) is 5.53. The summed E-state index contributed by atoms with van der Waals surface area (Å²) in [5, 5.41) is 17.3. The fourth-order valence-electron chi connectivity index (χ4n) is 3.61. The Morgan fingerprint density at radius 2 is 1.62 bits per heavy atom. The van der Waals surface area contributed by atoms with E-state index in [1.165, 1.54) is 0 Å². The summed E-state index contributed by atoms with van der Waals surface area (Å²) in [5.74, 6) is -1.43. The van der Waals surface area contributed by atoms with Gasteiger partial charge in [0.05, 0.1) is 17.8 Å². The number of nitrogens with one attached hydrogen (secondary N) is 1. The first kappa shape index (κ1) is 20.3. The van der Waals surface area contributed by atoms with E-state index in [1.807, 2.05) is 50.2 Å². The molecule has 1 amide bonds. The van der Waals surface area contributed by atoms with Crippen LogP contribution >= 0.6 is 0 Å². The lowest BCUT2D eigenvalue weighted by Crippen LogP contribution is -2.52. The van der Waals surface area contributed by atoms with Crippen LogP contribution in [0.3, 0.4) is 0 Å². The molecule has 3 rings (SSSR count). The van der Waals surface area contributed by atoms with E-state index in [0.717, 1.165) is 22.6 Å². The molecule has 1 atom stereocenters. The van der Waals surface area contributed by atoms with Gasteiger partial charge in [0.2, 0.25) is 5.91 Å². The number of carboxylic acid groups (broad SMARTS) is 1. The third kappa shape index (κ3) is 3.92. The van der Waals surface area contributed by atoms with Gasteiger partial charge in [0.1, 0.15) is 0 Å². The molecule has 0 aliphatic carbocycles. The van der Waals surface area contributed by atoms with Gasteiger partial charge < -0.3 is 10.4 Å². The van der Waals surface area contributed by atoms with Crippen molar-refractivity contribution < 1.29 is 14.7 Å². The Morgan fingerprint density at radius 3 is 2.17 bits per heavy atom. The molecule has 6 nitrogen and oxygen atoms in total. The Kier molecular flexibility index (Phi) is 5.82. The summed E-state index contributed by atoms with van der Waals surface area (Å²) in [6, 6.07) is 18.5. The minimum Gasteiger partial charge on any atom is -0.479 e. The van der Waals surface area contributed by atoms with Gasteiger partial charge in [-0.3, -0.25) is 4.79 Å². The molecule has 2 N–H and O–H groups in total. The maximum atomic E-state index is 12.9. The van der Waals surface area contributed by atoms with E-state index < -0.39 is 11.5 Å². The molecular formula is C23H25N3O3. The molecule has 1 aromatic heterocycles. The van der Waals surface area contributed by atoms with Crippen molar-refractivity contribution in [2.75, 3.05) is 0 Å². The molecule has 0 aliphatic rings. The van der Waals surface area contributed by atoms with Crippen LogP contribution in [-0.4, -0.2) is 26.8 Å². The number of carboxylic acids is 1. The zero-order chi connectivity index (χ0) is 21.0. The highest BCUT2D eigenvalue weighted by atomic mass is 16.4. The summed E-state index contributed by atoms with van der Waals surface area (Å²) in [6.07, 6.45) is 0.297. The largest absolute Gasteiger partial charge is 0.479 e. The van der Waals surface area contributed by atoms with E-state index in [-0.39, 0.29) is 18.7 Å². The SMILES string of the molecule is CCC(NC(=O)Cc1c(C)nn(-c2ccccc2)c1C)(C(=O)O)c1ccccc1. The van der Waals surface area contributed by atoms with Crippen molar-refractivity contribution in [1.82, 2.24) is 15.1 Å². The van der Waals surface area contributed by atoms with E-state index in [4.69, 9.17) is 0 Å². The molecule has 29 heavy (non-hydrogen) atoms. The number of carbonyl (C=O) groups is 2. The van der Waals surface area contributed by atoms with Crippen LogP contribution in [0.5, 0.6) is 0 Å². The number of hydrogen-bond acceptors (Lipinski definition) is 3. The van der Waals surface area contributed by atoms with Crippen LogP contribution in [-0.2, 0) is 21.5 Å². The van der Waals surface area contributed by atoms with Gasteiger partial charge in [-0.05, 0) is 38.0 Å². The van der Waals surface area contributed by atoms with Crippen LogP contribution in [0.2, 0.25) is 0 Å². The van der Waals surface area contributed by atoms with Crippen LogP contribution in [0.1, 0.15) is 35.9 Å². The van der Waals surface area contributed by atoms with Gasteiger partial charge in [0, 0.05) is 11.3 Å². The van der Waals surface area contributed by atoms with Crippen LogP contribution in [0.25, 0.3) is 5.69 Å². The summed E-state index contributed by atoms with van der Waals surface area (Å²) in [7, 11) is 0. The van der Waals surface area contributed by atoms with Crippen LogP contribution in [0, 0.1) is 13.8 Å². The van der Waals surface area contributed by atoms with Crippen molar-refractivity contribution >= 4 is 11.9 Å². The normalized spacial score (nSPS) is 12.9. The van der Waals surface area contributed by atoms with E-state index >= 15 is 0 Å². The molecule has 0 saturated carbocycles. The maximum absolute atomic E-state index is 12.9. The maximum Gasteiger partial charge on any atom is 0.334 e. The summed E-state index contributed by atoms with van der Waals surface area (Å²) in [5.41, 5.74) is 2.42. The fourth-order valence-corrected chi connectivity index (χ4v) is 3.61. The molecule has 0 spiro atoms. The molecular weight excluding hydrogens is 366 g/mol. The second-order valence-corrected chi connectivity index (χ2v) is 7.05. The molecule has 0 fully saturated rings. The van der Waals surface area contributed by atoms with Crippen LogP contribution in [0.15, 0.2) is 60.7 Å². The lowest BCUT2D eigenvalue weighted by molar-refractivity contribution is -0.148. The standard InChI is InChI=1S/C23H25N3O3/c1-4-23(22(28)29,18-11-7-5-8-12-18)24-21(27)15-20-16(2)25-26(17(20)3)19-13-9-6-10-14-19/h5-14H,4,15H2,1-3H3,(H,24,27)(H,28,29). The number of para-hydroxylation sites is 1. The van der Waals surface area contributed by atoms with Crippen molar-refractivity contribution in [3.8, 4) is 5.69 Å². The number of aryl methyl sites for hydroxylation is 1. The van der Waals surface area contributed by atoms with Crippen LogP contribution < -0.4 is 5.32 Å². The number of aromatic nitrogens is 2. The van der Waals surface area contributed by atoms with Crippen molar-refractivity contribution in [3.63, 3.8) is 0 Å². The molecule has 0 radical (unpaired) electrons. The van der Waals surface area contributed by atoms with Crippen molar-refractivity contribution in [2.45, 2.75) is 39.2 Å². The number of hydrogen-bond donors (Lipinski definition) is 2. The van der Waals surface area contributed by atoms with E-state index in [0.29, 0.717) is 5.56 Å². The molecule has 3 aromatic rings. The van der Waals surface area contributed by atoms with Crippen LogP contribution in [0.4, 0.5) is 0 Å². The first-order valence-electron chi connectivity index (χ1n) is 9.59. The second kappa shape index (κ2) is 8.31. The first-order chi connectivity index (χ1) is 13.9. The minimum absolute atomic E-state index is 0.0619. The molecule has 2 aromatic carbocycles. The Hall–Kier alpha value is -3.41. The van der Waals surface area contributed by atoms with Crippen molar-refractivity contribution in [2.24, 2.45) is 0 Å². The predicted octanol–water partition coefficient (Wildman–Crippen LogP) is 3.54. The smallest absolute Gasteiger partial charge is 0.334 e. The summed E-state index contributed by atoms with van der Waals surface area (Å²) in [4.78, 5) is 25.0. The third-order valence-electron chi connectivity index (χ3n) is 5.29. The van der Waals surface area contributed by atoms with Gasteiger partial charge in [-0.15, -0.1) is 0 Å². The molecule has 0 aliphatic heterocycles. The van der Waals surface area contributed by atoms with Gasteiger partial charge in [-0.2, -0.15) is 5.10 Å². The molecule has 1 heterocycles. The third-order valence-corrected chi connectivity index (χ3v) is 5.29. The Balaban J connectivity index is 1.88. The minimum atomic E-state index is -1.46. The van der Waals surface area contributed by atoms with Crippen molar-refractivity contribution in [3.05, 3.63) is 83.2 Å². The average molecular weight is 391 g/mol. The summed E-state index contributed by atoms with van der Waals surface area (Å²) >= 11 is 0. The lowest BCUT2D eigenvalue weighted by atomic mass is 9.87. The molecule has 0 saturated heterocycles. The van der Waals surface area contributed by atoms with Gasteiger partial charge in [-0.1, -0.05) is 55.5 Å². The van der Waals surface area contributed by atoms with Gasteiger partial charge in [0.15, 0.2) is 5.54 Å². The zero-order valence-electron chi connectivity index (χ0n) is 16.8. The second-order valence-electron chi connectivity index (χ2n) is 7.05. The highest BCUT2D eigenvalue weighted by Crippen LogP contribution is 2.26. The number of aliphatic carboxylic acids is 1. The molecule has 1 unspecified atom stereocenters. The Morgan fingerprint density at radius 1 is 1.03 bits per heavy atom. The van der Waals surface area contributed by atoms with E-state index in [2.05, 4.69) is 10.4 Å². The number of nitrogens with zero attached hydrogens (tertiary/aromatic N) is 2. The average Bonchev–Trinajstić information content (AvgIpc) is 3.01. The highest BCUT2D eigenvalue weighted by molar-refractivity contribution is 5.89. The Labute approximate surface area is 170 Å². The topological polar surface area (TPSA) is 84.2 Å². The molecule has 6 heteroatoms.